The summed E-state index contributed by atoms with van der Waals surface area (Å²) >= 11 is 2.17. The number of nitrogens with one attached hydrogen (secondary N) is 1. The SMILES string of the molecule is O=S(=O)(Cl)c1cn[nH]c1-c1ccc(I)cc1. The van der Waals surface area contributed by atoms with Crippen molar-refractivity contribution in [2.75, 3.05) is 0 Å². The number of halogens is 2. The van der Waals surface area contributed by atoms with Crippen molar-refractivity contribution in [1.82, 2.24) is 10.2 Å². The highest BCUT2D eigenvalue weighted by molar-refractivity contribution is 14.1. The fourth-order valence-electron chi connectivity index (χ4n) is 1.28. The summed E-state index contributed by atoms with van der Waals surface area (Å²) in [6, 6.07) is 7.37. The Morgan fingerprint density at radius 2 is 1.88 bits per heavy atom. The number of H-pyrrole nitrogens is 1. The first kappa shape index (κ1) is 11.9. The summed E-state index contributed by atoms with van der Waals surface area (Å²) in [4.78, 5) is -0.00428. The molecule has 1 N–H and O–H groups in total. The minimum Gasteiger partial charge on any atom is -0.276 e. The second-order valence-electron chi connectivity index (χ2n) is 3.05. The minimum atomic E-state index is -3.77. The fourth-order valence-corrected chi connectivity index (χ4v) is 2.58. The molecule has 2 aromatic rings. The number of aromatic amines is 1. The van der Waals surface area contributed by atoms with E-state index in [9.17, 15) is 8.42 Å². The van der Waals surface area contributed by atoms with E-state index in [4.69, 9.17) is 10.7 Å². The van der Waals surface area contributed by atoms with Crippen LogP contribution < -0.4 is 0 Å². The van der Waals surface area contributed by atoms with Gasteiger partial charge in [0.25, 0.3) is 9.05 Å². The highest BCUT2D eigenvalue weighted by atomic mass is 127. The van der Waals surface area contributed by atoms with Crippen molar-refractivity contribution in [1.29, 1.82) is 0 Å². The quantitative estimate of drug-likeness (QED) is 0.655. The molecule has 0 aliphatic rings. The summed E-state index contributed by atoms with van der Waals surface area (Å²) in [6.45, 7) is 0. The van der Waals surface area contributed by atoms with Gasteiger partial charge in [-0.25, -0.2) is 8.42 Å². The average Bonchev–Trinajstić information content (AvgIpc) is 2.66. The molecule has 1 aromatic heterocycles. The summed E-state index contributed by atoms with van der Waals surface area (Å²) in [5.41, 5.74) is 1.14. The van der Waals surface area contributed by atoms with E-state index in [-0.39, 0.29) is 4.90 Å². The molecule has 0 fully saturated rings. The summed E-state index contributed by atoms with van der Waals surface area (Å²) in [5, 5.41) is 6.33. The van der Waals surface area contributed by atoms with E-state index in [1.165, 1.54) is 6.20 Å². The zero-order valence-electron chi connectivity index (χ0n) is 7.81. The maximum Gasteiger partial charge on any atom is 0.265 e. The van der Waals surface area contributed by atoms with Crippen LogP contribution >= 0.6 is 33.3 Å². The Bertz CT molecular complexity index is 607. The van der Waals surface area contributed by atoms with E-state index in [0.29, 0.717) is 5.69 Å². The molecule has 16 heavy (non-hydrogen) atoms. The zero-order chi connectivity index (χ0) is 11.8. The molecule has 4 nitrogen and oxygen atoms in total. The summed E-state index contributed by atoms with van der Waals surface area (Å²) < 4.78 is 23.6. The van der Waals surface area contributed by atoms with Gasteiger partial charge in [0.1, 0.15) is 4.90 Å². The number of hydrogen-bond acceptors (Lipinski definition) is 3. The van der Waals surface area contributed by atoms with Gasteiger partial charge in [0, 0.05) is 19.8 Å². The third kappa shape index (κ3) is 2.38. The molecule has 0 saturated carbocycles. The lowest BCUT2D eigenvalue weighted by atomic mass is 10.2. The second-order valence-corrected chi connectivity index (χ2v) is 6.83. The van der Waals surface area contributed by atoms with E-state index in [1.54, 1.807) is 12.1 Å². The average molecular weight is 369 g/mol. The smallest absolute Gasteiger partial charge is 0.265 e. The van der Waals surface area contributed by atoms with Crippen LogP contribution in [0.4, 0.5) is 0 Å². The highest BCUT2D eigenvalue weighted by Gasteiger charge is 2.18. The monoisotopic (exact) mass is 368 g/mol. The van der Waals surface area contributed by atoms with Gasteiger partial charge in [0.15, 0.2) is 0 Å². The maximum atomic E-state index is 11.3. The molecule has 0 spiro atoms. The van der Waals surface area contributed by atoms with Gasteiger partial charge in [-0.1, -0.05) is 12.1 Å². The molecule has 2 rings (SSSR count). The van der Waals surface area contributed by atoms with E-state index in [0.717, 1.165) is 9.13 Å². The van der Waals surface area contributed by atoms with Crippen molar-refractivity contribution in [3.63, 3.8) is 0 Å². The largest absolute Gasteiger partial charge is 0.276 e. The summed E-state index contributed by atoms with van der Waals surface area (Å²) in [7, 11) is 1.53. The number of aromatic nitrogens is 2. The van der Waals surface area contributed by atoms with E-state index >= 15 is 0 Å². The van der Waals surface area contributed by atoms with E-state index in [2.05, 4.69) is 32.8 Å². The number of nitrogens with zero attached hydrogens (tertiary/aromatic N) is 1. The molecule has 0 aliphatic heterocycles. The van der Waals surface area contributed by atoms with Gasteiger partial charge in [0.05, 0.1) is 11.9 Å². The topological polar surface area (TPSA) is 62.8 Å². The predicted molar refractivity (Wildman–Crippen MR) is 69.8 cm³/mol. The molecule has 0 bridgehead atoms. The van der Waals surface area contributed by atoms with Crippen LogP contribution in [0, 0.1) is 3.57 Å². The van der Waals surface area contributed by atoms with Crippen molar-refractivity contribution in [3.8, 4) is 11.3 Å². The molecule has 0 radical (unpaired) electrons. The molecular weight excluding hydrogens is 363 g/mol. The third-order valence-corrected chi connectivity index (χ3v) is 4.05. The third-order valence-electron chi connectivity index (χ3n) is 2.00. The zero-order valence-corrected chi connectivity index (χ0v) is 11.5. The number of rotatable bonds is 2. The first-order chi connectivity index (χ1) is 7.48. The van der Waals surface area contributed by atoms with Crippen LogP contribution in [0.3, 0.4) is 0 Å². The van der Waals surface area contributed by atoms with Crippen molar-refractivity contribution in [2.24, 2.45) is 0 Å². The molecule has 0 unspecified atom stereocenters. The molecular formula is C9H6ClIN2O2S. The second kappa shape index (κ2) is 4.34. The Labute approximate surface area is 111 Å². The normalized spacial score (nSPS) is 11.6. The highest BCUT2D eigenvalue weighted by Crippen LogP contribution is 2.27. The molecule has 1 aromatic carbocycles. The van der Waals surface area contributed by atoms with Gasteiger partial charge in [-0.3, -0.25) is 5.10 Å². The van der Waals surface area contributed by atoms with E-state index in [1.807, 2.05) is 12.1 Å². The lowest BCUT2D eigenvalue weighted by Gasteiger charge is -2.00. The molecule has 0 atom stereocenters. The Morgan fingerprint density at radius 1 is 1.25 bits per heavy atom. The van der Waals surface area contributed by atoms with Gasteiger partial charge >= 0.3 is 0 Å². The Kier molecular flexibility index (Phi) is 3.22. The standard InChI is InChI=1S/C9H6ClIN2O2S/c10-16(14,15)8-5-12-13-9(8)6-1-3-7(11)4-2-6/h1-5H,(H,12,13). The molecule has 84 valence electrons. The first-order valence-electron chi connectivity index (χ1n) is 4.22. The lowest BCUT2D eigenvalue weighted by molar-refractivity contribution is 0.610. The van der Waals surface area contributed by atoms with Gasteiger partial charge < -0.3 is 0 Å². The van der Waals surface area contributed by atoms with Crippen molar-refractivity contribution >= 4 is 42.3 Å². The van der Waals surface area contributed by atoms with Crippen molar-refractivity contribution in [3.05, 3.63) is 34.0 Å². The minimum absolute atomic E-state index is 0.00428. The van der Waals surface area contributed by atoms with Crippen LogP contribution in [-0.2, 0) is 9.05 Å². The number of benzene rings is 1. The van der Waals surface area contributed by atoms with Gasteiger partial charge in [-0.05, 0) is 34.7 Å². The molecule has 1 heterocycles. The Balaban J connectivity index is 2.58. The lowest BCUT2D eigenvalue weighted by Crippen LogP contribution is -1.91. The van der Waals surface area contributed by atoms with Crippen LogP contribution in [-0.4, -0.2) is 18.6 Å². The first-order valence-corrected chi connectivity index (χ1v) is 7.61. The molecule has 0 amide bonds. The van der Waals surface area contributed by atoms with Crippen molar-refractivity contribution < 1.29 is 8.42 Å². The fraction of sp³-hybridized carbons (Fsp3) is 0. The Morgan fingerprint density at radius 3 is 2.44 bits per heavy atom. The van der Waals surface area contributed by atoms with Crippen LogP contribution in [0.2, 0.25) is 0 Å². The van der Waals surface area contributed by atoms with Crippen molar-refractivity contribution in [2.45, 2.75) is 4.90 Å². The van der Waals surface area contributed by atoms with Gasteiger partial charge in [0.2, 0.25) is 0 Å². The Hall–Kier alpha value is -0.600. The molecule has 0 saturated heterocycles. The van der Waals surface area contributed by atoms with Crippen LogP contribution in [0.1, 0.15) is 0 Å². The maximum absolute atomic E-state index is 11.3. The summed E-state index contributed by atoms with van der Waals surface area (Å²) in [6.07, 6.45) is 1.20. The number of hydrogen-bond donors (Lipinski definition) is 1. The van der Waals surface area contributed by atoms with E-state index < -0.39 is 9.05 Å². The predicted octanol–water partition coefficient (Wildman–Crippen LogP) is 2.61. The van der Waals surface area contributed by atoms with Crippen LogP contribution in [0.5, 0.6) is 0 Å². The van der Waals surface area contributed by atoms with Crippen LogP contribution in [0.25, 0.3) is 11.3 Å². The molecule has 7 heteroatoms. The van der Waals surface area contributed by atoms with Gasteiger partial charge in [-0.2, -0.15) is 5.10 Å². The van der Waals surface area contributed by atoms with Gasteiger partial charge in [-0.15, -0.1) is 0 Å². The van der Waals surface area contributed by atoms with Crippen LogP contribution in [0.15, 0.2) is 35.4 Å². The molecule has 0 aliphatic carbocycles. The summed E-state index contributed by atoms with van der Waals surface area (Å²) in [5.74, 6) is 0.